The van der Waals surface area contributed by atoms with E-state index in [-0.39, 0.29) is 0 Å². The molecule has 0 fully saturated rings. The van der Waals surface area contributed by atoms with Gasteiger partial charge in [-0.2, -0.15) is 5.10 Å². The third-order valence-electron chi connectivity index (χ3n) is 3.96. The largest absolute Gasteiger partial charge is 0.353 e. The number of para-hydroxylation sites is 1. The lowest BCUT2D eigenvalue weighted by molar-refractivity contribution is 0.767. The van der Waals surface area contributed by atoms with Gasteiger partial charge in [-0.3, -0.25) is 9.67 Å². The van der Waals surface area contributed by atoms with Crippen LogP contribution in [-0.4, -0.2) is 19.7 Å². The van der Waals surface area contributed by atoms with Gasteiger partial charge >= 0.3 is 0 Å². The van der Waals surface area contributed by atoms with Crippen molar-refractivity contribution >= 4 is 21.8 Å². The van der Waals surface area contributed by atoms with Crippen LogP contribution >= 0.6 is 0 Å². The van der Waals surface area contributed by atoms with Crippen molar-refractivity contribution in [3.63, 3.8) is 0 Å². The third kappa shape index (κ3) is 1.91. The van der Waals surface area contributed by atoms with Crippen molar-refractivity contribution in [3.05, 3.63) is 59.7 Å². The van der Waals surface area contributed by atoms with Crippen molar-refractivity contribution in [1.82, 2.24) is 19.7 Å². The number of aromatic nitrogens is 4. The van der Waals surface area contributed by atoms with Crippen LogP contribution in [0.5, 0.6) is 0 Å². The maximum absolute atomic E-state index is 4.55. The second-order valence-electron chi connectivity index (χ2n) is 5.49. The van der Waals surface area contributed by atoms with Crippen molar-refractivity contribution in [1.29, 1.82) is 0 Å². The molecule has 0 spiro atoms. The first kappa shape index (κ1) is 12.1. The van der Waals surface area contributed by atoms with Gasteiger partial charge in [-0.1, -0.05) is 18.2 Å². The average molecular weight is 276 g/mol. The Hall–Kier alpha value is -2.62. The Kier molecular flexibility index (Phi) is 2.57. The van der Waals surface area contributed by atoms with Gasteiger partial charge in [-0.05, 0) is 24.1 Å². The van der Waals surface area contributed by atoms with Crippen molar-refractivity contribution in [3.8, 4) is 0 Å². The van der Waals surface area contributed by atoms with E-state index in [4.69, 9.17) is 0 Å². The number of pyridine rings is 1. The first-order valence-electron chi connectivity index (χ1n) is 7.05. The van der Waals surface area contributed by atoms with Crippen LogP contribution in [-0.2, 0) is 13.5 Å². The summed E-state index contributed by atoms with van der Waals surface area (Å²) in [6, 6.07) is 8.42. The Balaban J connectivity index is 1.98. The second-order valence-corrected chi connectivity index (χ2v) is 5.49. The maximum atomic E-state index is 4.55. The molecule has 3 heterocycles. The van der Waals surface area contributed by atoms with E-state index >= 15 is 0 Å². The predicted molar refractivity (Wildman–Crippen MR) is 84.4 cm³/mol. The van der Waals surface area contributed by atoms with Gasteiger partial charge in [0.15, 0.2) is 0 Å². The summed E-state index contributed by atoms with van der Waals surface area (Å²) < 4.78 is 1.84. The van der Waals surface area contributed by atoms with Crippen LogP contribution in [0.3, 0.4) is 0 Å². The predicted octanol–water partition coefficient (Wildman–Crippen LogP) is 3.35. The zero-order chi connectivity index (χ0) is 14.4. The monoisotopic (exact) mass is 276 g/mol. The molecule has 0 saturated carbocycles. The van der Waals surface area contributed by atoms with Gasteiger partial charge in [-0.25, -0.2) is 0 Å². The number of hydrogen-bond donors (Lipinski definition) is 1. The molecule has 21 heavy (non-hydrogen) atoms. The quantitative estimate of drug-likeness (QED) is 0.610. The molecule has 104 valence electrons. The first-order chi connectivity index (χ1) is 10.2. The van der Waals surface area contributed by atoms with Gasteiger partial charge in [0.05, 0.1) is 17.4 Å². The molecule has 0 atom stereocenters. The topological polar surface area (TPSA) is 46.5 Å². The molecule has 0 radical (unpaired) electrons. The number of nitrogens with one attached hydrogen (secondary N) is 1. The van der Waals surface area contributed by atoms with Crippen LogP contribution in [0.2, 0.25) is 0 Å². The summed E-state index contributed by atoms with van der Waals surface area (Å²) in [5, 5.41) is 6.79. The minimum atomic E-state index is 0.847. The van der Waals surface area contributed by atoms with Crippen LogP contribution in [0.1, 0.15) is 16.8 Å². The number of rotatable bonds is 2. The fraction of sp³-hybridized carbons (Fsp3) is 0.176. The molecule has 4 aromatic rings. The molecule has 0 unspecified atom stereocenters. The highest BCUT2D eigenvalue weighted by molar-refractivity contribution is 6.09. The highest BCUT2D eigenvalue weighted by atomic mass is 15.2. The van der Waals surface area contributed by atoms with E-state index in [0.717, 1.165) is 23.1 Å². The van der Waals surface area contributed by atoms with Gasteiger partial charge in [0.25, 0.3) is 0 Å². The summed E-state index contributed by atoms with van der Waals surface area (Å²) in [4.78, 5) is 8.04. The normalized spacial score (nSPS) is 11.5. The molecule has 0 amide bonds. The van der Waals surface area contributed by atoms with Crippen LogP contribution < -0.4 is 0 Å². The molecule has 0 aliphatic heterocycles. The Bertz CT molecular complexity index is 946. The fourth-order valence-electron chi connectivity index (χ4n) is 2.97. The minimum Gasteiger partial charge on any atom is -0.353 e. The number of nitrogens with zero attached hydrogens (tertiary/aromatic N) is 3. The van der Waals surface area contributed by atoms with E-state index < -0.39 is 0 Å². The molecule has 3 aromatic heterocycles. The summed E-state index contributed by atoms with van der Waals surface area (Å²) >= 11 is 0. The number of benzene rings is 1. The van der Waals surface area contributed by atoms with Crippen molar-refractivity contribution in [2.24, 2.45) is 7.05 Å². The first-order valence-corrected chi connectivity index (χ1v) is 7.05. The van der Waals surface area contributed by atoms with Crippen molar-refractivity contribution in [2.75, 3.05) is 0 Å². The van der Waals surface area contributed by atoms with Crippen LogP contribution in [0.25, 0.3) is 21.8 Å². The molecular weight excluding hydrogens is 260 g/mol. The lowest BCUT2D eigenvalue weighted by atomic mass is 10.0. The van der Waals surface area contributed by atoms with Gasteiger partial charge in [0, 0.05) is 42.2 Å². The number of H-pyrrole nitrogens is 1. The summed E-state index contributed by atoms with van der Waals surface area (Å²) in [6.07, 6.45) is 6.81. The second kappa shape index (κ2) is 4.45. The number of aromatic amines is 1. The zero-order valence-corrected chi connectivity index (χ0v) is 12.1. The molecular formula is C17H16N4. The van der Waals surface area contributed by atoms with E-state index in [0.29, 0.717) is 0 Å². The summed E-state index contributed by atoms with van der Waals surface area (Å²) in [5.74, 6) is 0. The standard InChI is InChI=1S/C17H16N4/c1-11-17-16(14-5-3-4-6-15(14)20-17)13(9-18-11)7-12-8-19-21(2)10-12/h3-6,8-10,20H,7H2,1-2H3. The van der Waals surface area contributed by atoms with E-state index in [2.05, 4.69) is 45.5 Å². The van der Waals surface area contributed by atoms with E-state index in [1.54, 1.807) is 0 Å². The summed E-state index contributed by atoms with van der Waals surface area (Å²) in [6.45, 7) is 2.05. The molecule has 4 heteroatoms. The van der Waals surface area contributed by atoms with Gasteiger partial charge < -0.3 is 4.98 Å². The molecule has 0 aliphatic carbocycles. The lowest BCUT2D eigenvalue weighted by Crippen LogP contribution is -1.92. The lowest BCUT2D eigenvalue weighted by Gasteiger charge is -2.04. The number of hydrogen-bond acceptors (Lipinski definition) is 2. The molecule has 1 aromatic carbocycles. The summed E-state index contributed by atoms with van der Waals surface area (Å²) in [5.41, 5.74) is 5.78. The smallest absolute Gasteiger partial charge is 0.0684 e. The molecule has 4 rings (SSSR count). The van der Waals surface area contributed by atoms with Gasteiger partial charge in [0.2, 0.25) is 0 Å². The molecule has 0 saturated heterocycles. The van der Waals surface area contributed by atoms with Crippen LogP contribution in [0.15, 0.2) is 42.9 Å². The minimum absolute atomic E-state index is 0.847. The average Bonchev–Trinajstić information content (AvgIpc) is 3.06. The number of fused-ring (bicyclic) bond motifs is 3. The van der Waals surface area contributed by atoms with Gasteiger partial charge in [0.1, 0.15) is 0 Å². The van der Waals surface area contributed by atoms with Crippen molar-refractivity contribution in [2.45, 2.75) is 13.3 Å². The Morgan fingerprint density at radius 1 is 1.19 bits per heavy atom. The molecule has 0 bridgehead atoms. The highest BCUT2D eigenvalue weighted by Gasteiger charge is 2.12. The van der Waals surface area contributed by atoms with Gasteiger partial charge in [-0.15, -0.1) is 0 Å². The van der Waals surface area contributed by atoms with Crippen molar-refractivity contribution < 1.29 is 0 Å². The maximum Gasteiger partial charge on any atom is 0.0684 e. The Morgan fingerprint density at radius 3 is 2.86 bits per heavy atom. The zero-order valence-electron chi connectivity index (χ0n) is 12.1. The molecule has 4 nitrogen and oxygen atoms in total. The summed E-state index contributed by atoms with van der Waals surface area (Å²) in [7, 11) is 1.94. The Labute approximate surface area is 122 Å². The molecule has 1 N–H and O–H groups in total. The fourth-order valence-corrected chi connectivity index (χ4v) is 2.97. The van der Waals surface area contributed by atoms with E-state index in [9.17, 15) is 0 Å². The SMILES string of the molecule is Cc1ncc(Cc2cnn(C)c2)c2c1[nH]c1ccccc12. The Morgan fingerprint density at radius 2 is 2.05 bits per heavy atom. The van der Waals surface area contributed by atoms with Crippen LogP contribution in [0.4, 0.5) is 0 Å². The van der Waals surface area contributed by atoms with E-state index in [1.807, 2.05) is 31.0 Å². The van der Waals surface area contributed by atoms with E-state index in [1.165, 1.54) is 21.9 Å². The number of aryl methyl sites for hydroxylation is 2. The van der Waals surface area contributed by atoms with Crippen LogP contribution in [0, 0.1) is 6.92 Å². The third-order valence-corrected chi connectivity index (χ3v) is 3.96. The highest BCUT2D eigenvalue weighted by Crippen LogP contribution is 2.30. The molecule has 0 aliphatic rings.